The van der Waals surface area contributed by atoms with E-state index in [9.17, 15) is 8.78 Å². The fourth-order valence-electron chi connectivity index (χ4n) is 0.895. The molecule has 0 atom stereocenters. The number of rotatable bonds is 2. The number of hydrogen-bond donors (Lipinski definition) is 0. The van der Waals surface area contributed by atoms with Crippen LogP contribution in [0.15, 0.2) is 12.1 Å². The Kier molecular flexibility index (Phi) is 4.12. The molecule has 0 N–H and O–H groups in total. The van der Waals surface area contributed by atoms with Crippen LogP contribution in [0.1, 0.15) is 6.92 Å². The Balaban J connectivity index is 3.08. The normalized spacial score (nSPS) is 10.1. The molecule has 0 aliphatic heterocycles. The first kappa shape index (κ1) is 10.6. The molecule has 60 valence electrons. The van der Waals surface area contributed by atoms with Crippen LogP contribution in [-0.4, -0.2) is 55.6 Å². The van der Waals surface area contributed by atoms with E-state index in [0.717, 1.165) is 0 Å². The SMILES string of the molecule is CCOc1cc[c]([K])c(F)c1F. The van der Waals surface area contributed by atoms with Crippen LogP contribution in [0, 0.1) is 11.6 Å². The average molecular weight is 196 g/mol. The molecule has 12 heavy (non-hydrogen) atoms. The number of halogens is 2. The molecule has 0 radical (unpaired) electrons. The molecule has 0 bridgehead atoms. The molecular weight excluding hydrogens is 189 g/mol. The van der Waals surface area contributed by atoms with Crippen molar-refractivity contribution >= 4 is 48.6 Å². The van der Waals surface area contributed by atoms with E-state index in [1.807, 2.05) is 0 Å². The standard InChI is InChI=1S/C8H7F2O.K/c1-2-11-7-5-3-4-6(9)8(7)10;/h3,5H,2H2,1H3;. The van der Waals surface area contributed by atoms with E-state index in [4.69, 9.17) is 4.74 Å². The van der Waals surface area contributed by atoms with Crippen LogP contribution in [0.2, 0.25) is 0 Å². The van der Waals surface area contributed by atoms with Gasteiger partial charge in [0.1, 0.15) is 0 Å². The fraction of sp³-hybridized carbons (Fsp3) is 0.250. The van der Waals surface area contributed by atoms with Gasteiger partial charge in [-0.2, -0.15) is 0 Å². The molecular formula is C8H7F2KO. The maximum atomic E-state index is 13.0. The Morgan fingerprint density at radius 1 is 1.33 bits per heavy atom. The third kappa shape index (κ3) is 2.26. The van der Waals surface area contributed by atoms with Crippen molar-refractivity contribution in [1.29, 1.82) is 0 Å². The van der Waals surface area contributed by atoms with Crippen LogP contribution in [0.5, 0.6) is 5.75 Å². The first-order valence-corrected chi connectivity index (χ1v) is 5.30. The predicted molar refractivity (Wildman–Crippen MR) is 42.9 cm³/mol. The van der Waals surface area contributed by atoms with Crippen molar-refractivity contribution in [3.05, 3.63) is 23.8 Å². The van der Waals surface area contributed by atoms with E-state index in [1.165, 1.54) is 6.07 Å². The Labute approximate surface area is 104 Å². The summed E-state index contributed by atoms with van der Waals surface area (Å²) in [7, 11) is 0. The first-order chi connectivity index (χ1) is 5.66. The molecule has 0 amide bonds. The topological polar surface area (TPSA) is 9.23 Å². The molecule has 1 rings (SSSR count). The molecule has 1 aromatic carbocycles. The van der Waals surface area contributed by atoms with E-state index in [2.05, 4.69) is 0 Å². The molecule has 0 aromatic heterocycles. The molecule has 0 saturated carbocycles. The van der Waals surface area contributed by atoms with Crippen molar-refractivity contribution in [3.63, 3.8) is 0 Å². The molecule has 0 saturated heterocycles. The molecule has 0 heterocycles. The minimum atomic E-state index is -0.859. The van der Waals surface area contributed by atoms with Gasteiger partial charge in [0.15, 0.2) is 0 Å². The summed E-state index contributed by atoms with van der Waals surface area (Å²) in [5.41, 5.74) is 0. The zero-order valence-electron chi connectivity index (χ0n) is 7.03. The predicted octanol–water partition coefficient (Wildman–Crippen LogP) is 1.16. The molecule has 1 nitrogen and oxygen atoms in total. The minimum absolute atomic E-state index is 0.00278. The number of hydrogen-bond acceptors (Lipinski definition) is 1. The number of ether oxygens (including phenoxy) is 1. The zero-order valence-corrected chi connectivity index (χ0v) is 10.1. The Morgan fingerprint density at radius 2 is 2.00 bits per heavy atom. The summed E-state index contributed by atoms with van der Waals surface area (Å²) < 4.78 is 31.2. The molecule has 0 spiro atoms. The van der Waals surface area contributed by atoms with Gasteiger partial charge in [-0.15, -0.1) is 0 Å². The monoisotopic (exact) mass is 196 g/mol. The van der Waals surface area contributed by atoms with Gasteiger partial charge in [-0.1, -0.05) is 0 Å². The van der Waals surface area contributed by atoms with Gasteiger partial charge >= 0.3 is 105 Å². The molecule has 0 aliphatic carbocycles. The van der Waals surface area contributed by atoms with Gasteiger partial charge in [-0.3, -0.25) is 0 Å². The summed E-state index contributed by atoms with van der Waals surface area (Å²) in [5, 5.41) is 0. The van der Waals surface area contributed by atoms with Crippen LogP contribution in [0.3, 0.4) is 0 Å². The van der Waals surface area contributed by atoms with E-state index in [0.29, 0.717) is 6.26 Å². The number of benzene rings is 1. The second kappa shape index (κ2) is 4.67. The molecule has 1 aromatic rings. The summed E-state index contributed by atoms with van der Waals surface area (Å²) in [5.74, 6) is -1.61. The van der Waals surface area contributed by atoms with Crippen molar-refractivity contribution in [2.24, 2.45) is 0 Å². The molecule has 0 fully saturated rings. The van der Waals surface area contributed by atoms with Crippen molar-refractivity contribution in [3.8, 4) is 5.75 Å². The van der Waals surface area contributed by atoms with Gasteiger partial charge < -0.3 is 0 Å². The van der Waals surface area contributed by atoms with Crippen LogP contribution in [0.25, 0.3) is 0 Å². The van der Waals surface area contributed by atoms with Gasteiger partial charge in [0, 0.05) is 0 Å². The molecule has 0 unspecified atom stereocenters. The average Bonchev–Trinajstić information content (AvgIpc) is 2.07. The summed E-state index contributed by atoms with van der Waals surface area (Å²) in [6, 6.07) is 3.05. The summed E-state index contributed by atoms with van der Waals surface area (Å²) in [6.07, 6.45) is 0. The van der Waals surface area contributed by atoms with Crippen LogP contribution in [0.4, 0.5) is 8.78 Å². The molecule has 0 aliphatic rings. The van der Waals surface area contributed by atoms with E-state index in [1.54, 1.807) is 13.0 Å². The Hall–Kier alpha value is 0.516. The summed E-state index contributed by atoms with van der Waals surface area (Å²) >= 11 is 0.155. The van der Waals surface area contributed by atoms with Crippen LogP contribution < -0.4 is 4.39 Å². The summed E-state index contributed by atoms with van der Waals surface area (Å²) in [4.78, 5) is 0. The van der Waals surface area contributed by atoms with Crippen LogP contribution >= 0.6 is 0 Å². The fourth-order valence-corrected chi connectivity index (χ4v) is 1.50. The van der Waals surface area contributed by atoms with Gasteiger partial charge in [0.05, 0.1) is 0 Å². The third-order valence-corrected chi connectivity index (χ3v) is 2.75. The second-order valence-corrected chi connectivity index (χ2v) is 4.12. The second-order valence-electron chi connectivity index (χ2n) is 2.44. The maximum absolute atomic E-state index is 13.0. The first-order valence-electron chi connectivity index (χ1n) is 3.74. The van der Waals surface area contributed by atoms with Gasteiger partial charge in [0.25, 0.3) is 0 Å². The Morgan fingerprint density at radius 3 is 2.58 bits per heavy atom. The van der Waals surface area contributed by atoms with Gasteiger partial charge in [0.2, 0.25) is 0 Å². The quantitative estimate of drug-likeness (QED) is 0.645. The Bertz CT molecular complexity index is 289. The van der Waals surface area contributed by atoms with Crippen molar-refractivity contribution < 1.29 is 13.5 Å². The van der Waals surface area contributed by atoms with Gasteiger partial charge in [-0.25, -0.2) is 0 Å². The van der Waals surface area contributed by atoms with E-state index >= 15 is 0 Å². The van der Waals surface area contributed by atoms with Crippen LogP contribution in [-0.2, 0) is 0 Å². The third-order valence-electron chi connectivity index (χ3n) is 1.54. The van der Waals surface area contributed by atoms with Crippen molar-refractivity contribution in [2.75, 3.05) is 6.61 Å². The van der Waals surface area contributed by atoms with Crippen molar-refractivity contribution in [2.45, 2.75) is 6.92 Å². The van der Waals surface area contributed by atoms with E-state index < -0.39 is 11.6 Å². The molecule has 4 heteroatoms. The zero-order chi connectivity index (χ0) is 9.14. The summed E-state index contributed by atoms with van der Waals surface area (Å²) in [6.45, 7) is 2.08. The van der Waals surface area contributed by atoms with Gasteiger partial charge in [-0.05, 0) is 0 Å². The van der Waals surface area contributed by atoms with Crippen molar-refractivity contribution in [1.82, 2.24) is 0 Å². The van der Waals surface area contributed by atoms with E-state index in [-0.39, 0.29) is 54.7 Å².